The van der Waals surface area contributed by atoms with Crippen LogP contribution in [-0.4, -0.2) is 10.7 Å². The molecule has 2 aliphatic rings. The number of aliphatic hydroxyl groups is 1. The lowest BCUT2D eigenvalue weighted by molar-refractivity contribution is -0.131. The zero-order valence-electron chi connectivity index (χ0n) is 12.8. The van der Waals surface area contributed by atoms with Crippen molar-refractivity contribution >= 4 is 0 Å². The summed E-state index contributed by atoms with van der Waals surface area (Å²) >= 11 is 0. The first kappa shape index (κ1) is 14.9. The Morgan fingerprint density at radius 1 is 1.05 bits per heavy atom. The molecule has 0 saturated heterocycles. The van der Waals surface area contributed by atoms with Crippen LogP contribution in [0, 0.1) is 28.1 Å². The summed E-state index contributed by atoms with van der Waals surface area (Å²) in [6.07, 6.45) is 9.19. The van der Waals surface area contributed by atoms with E-state index in [1.165, 1.54) is 12.8 Å². The van der Waals surface area contributed by atoms with E-state index < -0.39 is 11.0 Å². The molecule has 2 unspecified atom stereocenters. The summed E-state index contributed by atoms with van der Waals surface area (Å²) in [5, 5.41) is 21.2. The summed E-state index contributed by atoms with van der Waals surface area (Å²) in [7, 11) is 0. The van der Waals surface area contributed by atoms with E-state index >= 15 is 0 Å². The van der Waals surface area contributed by atoms with E-state index in [1.54, 1.807) is 0 Å². The number of nitriles is 1. The minimum Gasteiger partial charge on any atom is -0.388 e. The van der Waals surface area contributed by atoms with Gasteiger partial charge in [0.25, 0.3) is 0 Å². The third-order valence-corrected chi connectivity index (χ3v) is 5.42. The van der Waals surface area contributed by atoms with Gasteiger partial charge in [-0.15, -0.1) is 0 Å². The third-order valence-electron chi connectivity index (χ3n) is 5.42. The van der Waals surface area contributed by atoms with Crippen LogP contribution in [0.25, 0.3) is 0 Å². The van der Waals surface area contributed by atoms with E-state index in [0.29, 0.717) is 5.92 Å². The average molecular weight is 263 g/mol. The first-order chi connectivity index (χ1) is 8.83. The predicted octanol–water partition coefficient (Wildman–Crippen LogP) is 4.43. The van der Waals surface area contributed by atoms with Gasteiger partial charge in [0.15, 0.2) is 0 Å². The van der Waals surface area contributed by atoms with E-state index in [0.717, 1.165) is 44.9 Å². The Labute approximate surface area is 118 Å². The van der Waals surface area contributed by atoms with Crippen molar-refractivity contribution in [3.05, 3.63) is 0 Å². The highest BCUT2D eigenvalue weighted by molar-refractivity contribution is 5.14. The molecule has 2 rings (SSSR count). The van der Waals surface area contributed by atoms with Crippen molar-refractivity contribution in [3.8, 4) is 6.07 Å². The normalized spacial score (nSPS) is 38.2. The number of nitrogens with zero attached hydrogens (tertiary/aromatic N) is 1. The summed E-state index contributed by atoms with van der Waals surface area (Å²) < 4.78 is 0. The SMILES string of the molecule is CC1CC(C)(C)CC(O)(C2(C#N)CCCCCC2)C1. The second kappa shape index (κ2) is 5.09. The van der Waals surface area contributed by atoms with Gasteiger partial charge in [-0.2, -0.15) is 5.26 Å². The first-order valence-corrected chi connectivity index (χ1v) is 7.96. The van der Waals surface area contributed by atoms with Crippen LogP contribution < -0.4 is 0 Å². The van der Waals surface area contributed by atoms with E-state index in [4.69, 9.17) is 0 Å². The highest BCUT2D eigenvalue weighted by Gasteiger charge is 2.55. The van der Waals surface area contributed by atoms with Crippen LogP contribution in [0.1, 0.15) is 78.6 Å². The predicted molar refractivity (Wildman–Crippen MR) is 77.5 cm³/mol. The standard InChI is InChI=1S/C17H29NO/c1-14-10-15(2,3)12-17(19,11-14)16(13-18)8-6-4-5-7-9-16/h14,19H,4-12H2,1-3H3. The Balaban J connectivity index is 2.32. The molecule has 0 radical (unpaired) electrons. The van der Waals surface area contributed by atoms with Gasteiger partial charge in [-0.25, -0.2) is 0 Å². The summed E-state index contributed by atoms with van der Waals surface area (Å²) in [5.41, 5.74) is -1.11. The topological polar surface area (TPSA) is 44.0 Å². The fourth-order valence-electron chi connectivity index (χ4n) is 4.91. The van der Waals surface area contributed by atoms with Gasteiger partial charge in [-0.05, 0) is 43.4 Å². The van der Waals surface area contributed by atoms with E-state index in [9.17, 15) is 10.4 Å². The molecule has 2 nitrogen and oxygen atoms in total. The molecule has 0 spiro atoms. The summed E-state index contributed by atoms with van der Waals surface area (Å²) in [5.74, 6) is 0.516. The molecule has 0 aromatic heterocycles. The molecule has 1 N–H and O–H groups in total. The minimum absolute atomic E-state index is 0.155. The van der Waals surface area contributed by atoms with Crippen molar-refractivity contribution < 1.29 is 5.11 Å². The molecule has 0 heterocycles. The number of rotatable bonds is 1. The Morgan fingerprint density at radius 2 is 1.63 bits per heavy atom. The lowest BCUT2D eigenvalue weighted by Gasteiger charge is -2.52. The molecule has 0 aromatic carbocycles. The molecule has 2 aliphatic carbocycles. The fourth-order valence-corrected chi connectivity index (χ4v) is 4.91. The zero-order chi connectivity index (χ0) is 14.1. The maximum absolute atomic E-state index is 11.4. The van der Waals surface area contributed by atoms with Crippen molar-refractivity contribution in [3.63, 3.8) is 0 Å². The van der Waals surface area contributed by atoms with Crippen molar-refractivity contribution in [2.45, 2.75) is 84.2 Å². The quantitative estimate of drug-likeness (QED) is 0.711. The molecule has 0 aromatic rings. The maximum atomic E-state index is 11.4. The largest absolute Gasteiger partial charge is 0.388 e. The van der Waals surface area contributed by atoms with Gasteiger partial charge in [0.2, 0.25) is 0 Å². The zero-order valence-corrected chi connectivity index (χ0v) is 12.8. The monoisotopic (exact) mass is 263 g/mol. The maximum Gasteiger partial charge on any atom is 0.0860 e. The number of hydrogen-bond donors (Lipinski definition) is 1. The van der Waals surface area contributed by atoms with Crippen molar-refractivity contribution in [2.75, 3.05) is 0 Å². The van der Waals surface area contributed by atoms with Gasteiger partial charge in [-0.1, -0.05) is 46.5 Å². The van der Waals surface area contributed by atoms with E-state index in [1.807, 2.05) is 0 Å². The smallest absolute Gasteiger partial charge is 0.0860 e. The lowest BCUT2D eigenvalue weighted by atomic mass is 9.55. The van der Waals surface area contributed by atoms with Gasteiger partial charge < -0.3 is 5.11 Å². The average Bonchev–Trinajstić information content (AvgIpc) is 2.51. The van der Waals surface area contributed by atoms with Crippen LogP contribution in [0.5, 0.6) is 0 Å². The van der Waals surface area contributed by atoms with Crippen LogP contribution in [0.4, 0.5) is 0 Å². The Hall–Kier alpha value is -0.550. The van der Waals surface area contributed by atoms with Crippen LogP contribution in [0.2, 0.25) is 0 Å². The Bertz CT molecular complexity index is 360. The van der Waals surface area contributed by atoms with Gasteiger partial charge >= 0.3 is 0 Å². The minimum atomic E-state index is -0.771. The third kappa shape index (κ3) is 2.82. The molecule has 2 atom stereocenters. The van der Waals surface area contributed by atoms with Crippen molar-refractivity contribution in [2.24, 2.45) is 16.7 Å². The van der Waals surface area contributed by atoms with Crippen LogP contribution in [0.15, 0.2) is 0 Å². The number of hydrogen-bond acceptors (Lipinski definition) is 2. The molecular weight excluding hydrogens is 234 g/mol. The van der Waals surface area contributed by atoms with Crippen LogP contribution in [0.3, 0.4) is 0 Å². The Kier molecular flexibility index (Phi) is 3.98. The highest BCUT2D eigenvalue weighted by atomic mass is 16.3. The molecule has 2 fully saturated rings. The van der Waals surface area contributed by atoms with Gasteiger partial charge in [0.1, 0.15) is 0 Å². The summed E-state index contributed by atoms with van der Waals surface area (Å²) in [4.78, 5) is 0. The first-order valence-electron chi connectivity index (χ1n) is 7.96. The molecule has 0 amide bonds. The van der Waals surface area contributed by atoms with Gasteiger partial charge in [0, 0.05) is 0 Å². The second-order valence-corrected chi connectivity index (χ2v) is 7.99. The highest BCUT2D eigenvalue weighted by Crippen LogP contribution is 2.55. The molecule has 108 valence electrons. The summed E-state index contributed by atoms with van der Waals surface area (Å²) in [6, 6.07) is 2.58. The van der Waals surface area contributed by atoms with Crippen molar-refractivity contribution in [1.29, 1.82) is 5.26 Å². The van der Waals surface area contributed by atoms with Gasteiger partial charge in [0.05, 0.1) is 17.1 Å². The fraction of sp³-hybridized carbons (Fsp3) is 0.941. The lowest BCUT2D eigenvalue weighted by Crippen LogP contribution is -2.53. The molecule has 19 heavy (non-hydrogen) atoms. The molecule has 2 heteroatoms. The summed E-state index contributed by atoms with van der Waals surface area (Å²) in [6.45, 7) is 6.72. The van der Waals surface area contributed by atoms with Gasteiger partial charge in [-0.3, -0.25) is 0 Å². The Morgan fingerprint density at radius 3 is 2.11 bits per heavy atom. The van der Waals surface area contributed by atoms with Crippen LogP contribution in [-0.2, 0) is 0 Å². The molecule has 0 bridgehead atoms. The van der Waals surface area contributed by atoms with E-state index in [-0.39, 0.29) is 5.41 Å². The van der Waals surface area contributed by atoms with Crippen molar-refractivity contribution in [1.82, 2.24) is 0 Å². The molecule has 0 aliphatic heterocycles. The molecule has 2 saturated carbocycles. The van der Waals surface area contributed by atoms with E-state index in [2.05, 4.69) is 26.8 Å². The van der Waals surface area contributed by atoms with Crippen LogP contribution >= 0.6 is 0 Å². The molecular formula is C17H29NO. The second-order valence-electron chi connectivity index (χ2n) is 7.99.